The van der Waals surface area contributed by atoms with Gasteiger partial charge in [-0.15, -0.1) is 0 Å². The molecule has 10 atom stereocenters. The summed E-state index contributed by atoms with van der Waals surface area (Å²) in [6, 6.07) is 5.16. The quantitative estimate of drug-likeness (QED) is 0.0662. The van der Waals surface area contributed by atoms with Gasteiger partial charge in [0.15, 0.2) is 10.9 Å². The fraction of sp³-hybridized carbons (Fsp3) is 0.488. The summed E-state index contributed by atoms with van der Waals surface area (Å²) in [5.74, 6) is -3.23. The maximum absolute atomic E-state index is 12.9. The molecule has 350 valence electrons. The van der Waals surface area contributed by atoms with Crippen molar-refractivity contribution in [2.75, 3.05) is 26.3 Å². The molecule has 2 aliphatic rings. The molecule has 0 spiro atoms. The number of hydrogen-bond acceptors (Lipinski definition) is 19. The third kappa shape index (κ3) is 11.5. The molecule has 10 unspecified atom stereocenters. The summed E-state index contributed by atoms with van der Waals surface area (Å²) in [4.78, 5) is 54.9. The summed E-state index contributed by atoms with van der Waals surface area (Å²) < 4.78 is 23.1. The number of phenolic OH excluding ortho intramolecular Hbond substituents is 2. The van der Waals surface area contributed by atoms with E-state index in [0.717, 1.165) is 0 Å². The number of aromatic hydroxyl groups is 2. The Labute approximate surface area is 382 Å². The maximum atomic E-state index is 12.9. The monoisotopic (exact) mass is 964 g/mol. The smallest absolute Gasteiger partial charge is 0.325 e. The Morgan fingerprint density at radius 3 is 1.38 bits per heavy atom. The molecule has 6 rings (SSSR count). The van der Waals surface area contributed by atoms with Crippen molar-refractivity contribution >= 4 is 45.3 Å². The minimum absolute atomic E-state index is 0. The van der Waals surface area contributed by atoms with Crippen molar-refractivity contribution in [3.63, 3.8) is 0 Å². The van der Waals surface area contributed by atoms with Gasteiger partial charge in [-0.1, -0.05) is 6.92 Å². The molecule has 4 aromatic rings. The number of fused-ring (bicyclic) bond motifs is 2. The van der Waals surface area contributed by atoms with Crippen molar-refractivity contribution < 1.29 is 104 Å². The van der Waals surface area contributed by atoms with E-state index in [0.29, 0.717) is 22.6 Å². The number of carboxylic acid groups (broad SMARTS) is 2. The van der Waals surface area contributed by atoms with Gasteiger partial charge in [0.2, 0.25) is 0 Å². The molecule has 65 heavy (non-hydrogen) atoms. The number of aryl methyl sites for hydroxylation is 2. The van der Waals surface area contributed by atoms with E-state index in [9.17, 15) is 65.1 Å². The number of aliphatic imine (C=N–C) groups is 2. The van der Waals surface area contributed by atoms with Crippen LogP contribution in [0, 0.1) is 19.8 Å². The maximum Gasteiger partial charge on any atom is 0.325 e. The van der Waals surface area contributed by atoms with E-state index < -0.39 is 105 Å². The Hall–Kier alpha value is -5.00. The second-order valence-electron chi connectivity index (χ2n) is 15.9. The van der Waals surface area contributed by atoms with Gasteiger partial charge in [0, 0.05) is 61.8 Å². The van der Waals surface area contributed by atoms with Crippen LogP contribution in [0.2, 0.25) is 0 Å². The molecule has 2 aromatic heterocycles. The predicted molar refractivity (Wildman–Crippen MR) is 225 cm³/mol. The van der Waals surface area contributed by atoms with E-state index in [1.807, 2.05) is 0 Å². The number of nitrogens with zero attached hydrogens (tertiary/aromatic N) is 2. The molecule has 0 amide bonds. The van der Waals surface area contributed by atoms with E-state index in [-0.39, 0.29) is 93.8 Å². The zero-order chi connectivity index (χ0) is 47.5. The summed E-state index contributed by atoms with van der Waals surface area (Å²) in [6.07, 6.45) is -12.1. The second kappa shape index (κ2) is 22.0. The Morgan fingerprint density at radius 2 is 1.00 bits per heavy atom. The van der Waals surface area contributed by atoms with Crippen molar-refractivity contribution in [2.24, 2.45) is 15.9 Å². The number of carboxylic acids is 2. The first-order valence-electron chi connectivity index (χ1n) is 20.0. The minimum atomic E-state index is -1.70. The van der Waals surface area contributed by atoms with Crippen LogP contribution in [0.5, 0.6) is 11.5 Å². The zero-order valence-corrected chi connectivity index (χ0v) is 39.1. The summed E-state index contributed by atoms with van der Waals surface area (Å²) >= 11 is 0. The number of rotatable bonds is 12. The number of aliphatic hydroxyl groups excluding tert-OH is 7. The van der Waals surface area contributed by atoms with Crippen molar-refractivity contribution in [2.45, 2.75) is 102 Å². The van der Waals surface area contributed by atoms with E-state index in [4.69, 9.17) is 28.5 Å². The van der Waals surface area contributed by atoms with Gasteiger partial charge in [0.05, 0.1) is 47.3 Å². The molecule has 11 N–H and O–H groups in total. The van der Waals surface area contributed by atoms with Gasteiger partial charge in [-0.2, -0.15) is 0 Å². The molecule has 2 fully saturated rings. The Bertz CT molecular complexity index is 2390. The van der Waals surface area contributed by atoms with Crippen molar-refractivity contribution in [3.05, 3.63) is 78.5 Å². The number of benzene rings is 2. The van der Waals surface area contributed by atoms with Gasteiger partial charge in [-0.05, 0) is 51.0 Å². The Balaban J connectivity index is 0.000000280. The first kappa shape index (κ1) is 52.6. The van der Waals surface area contributed by atoms with Gasteiger partial charge in [-0.3, -0.25) is 29.2 Å². The Morgan fingerprint density at radius 1 is 0.615 bits per heavy atom. The topological polar surface area (TPSA) is 360 Å². The second-order valence-corrected chi connectivity index (χ2v) is 15.9. The molecule has 0 aliphatic carbocycles. The number of hydrogen-bond donors (Lipinski definition) is 11. The van der Waals surface area contributed by atoms with Crippen LogP contribution in [-0.2, 0) is 51.4 Å². The van der Waals surface area contributed by atoms with E-state index in [2.05, 4.69) is 9.98 Å². The van der Waals surface area contributed by atoms with Gasteiger partial charge in [0.25, 0.3) is 0 Å². The van der Waals surface area contributed by atoms with E-state index in [1.165, 1.54) is 24.3 Å². The third-order valence-corrected chi connectivity index (χ3v) is 11.1. The van der Waals surface area contributed by atoms with Crippen LogP contribution in [0.15, 0.2) is 52.7 Å². The van der Waals surface area contributed by atoms with Gasteiger partial charge < -0.3 is 74.5 Å². The minimum Gasteiger partial charge on any atom is -0.507 e. The number of ether oxygens (including phenoxy) is 2. The summed E-state index contributed by atoms with van der Waals surface area (Å²) in [6.45, 7) is 5.93. The largest absolute Gasteiger partial charge is 0.507 e. The molecule has 2 aliphatic heterocycles. The summed E-state index contributed by atoms with van der Waals surface area (Å²) in [5, 5.41) is 110. The molecule has 21 nitrogen and oxygen atoms in total. The molecule has 0 radical (unpaired) electrons. The van der Waals surface area contributed by atoms with Crippen LogP contribution < -0.4 is 10.9 Å². The first-order valence-corrected chi connectivity index (χ1v) is 20.0. The van der Waals surface area contributed by atoms with Crippen LogP contribution in [-0.4, -0.2) is 149 Å². The first-order chi connectivity index (χ1) is 30.1. The zero-order valence-electron chi connectivity index (χ0n) is 36.1. The fourth-order valence-electron chi connectivity index (χ4n) is 7.79. The predicted octanol–water partition coefficient (Wildman–Crippen LogP) is 0.0925. The molecule has 4 heterocycles. The third-order valence-electron chi connectivity index (χ3n) is 11.1. The van der Waals surface area contributed by atoms with Gasteiger partial charge in [-0.25, -0.2) is 0 Å². The molecule has 2 saturated heterocycles. The van der Waals surface area contributed by atoms with Crippen LogP contribution in [0.1, 0.15) is 66.8 Å². The molecule has 2 aromatic carbocycles. The van der Waals surface area contributed by atoms with Crippen LogP contribution in [0.4, 0.5) is 0 Å². The van der Waals surface area contributed by atoms with E-state index >= 15 is 0 Å². The average Bonchev–Trinajstić information content (AvgIpc) is 3.21. The standard InChI is InChI=1S/C22H27NO9.C21H25NO10.Zn/c1-9-4-13(25)18(22-20(30)11(3)19(29)15(8-24)32-22)21-17(9)14(26)6-12(31-21)5-10(2)23-7-16(27)28;1-8-3-11(24)16(21-19(30)18(29)17(28)13(7-23)32-21)20-15(8)12(25)5-10(31-20)4-9(2)22-6-14(26)27;/h4,6,11,15,19-20,22,24-25,29-30H,5,7-8H2,1-3H3,(H,27,28);3,5,13,17-19,21,23-24,28-30H,4,6-7H2,1-2H3,(H,26,27);. The average molecular weight is 966 g/mol. The molecule has 0 bridgehead atoms. The van der Waals surface area contributed by atoms with Gasteiger partial charge >= 0.3 is 11.9 Å². The number of aliphatic carboxylic acids is 2. The molecular formula is C43H52N2O19Zn. The Kier molecular flexibility index (Phi) is 17.8. The fourth-order valence-corrected chi connectivity index (χ4v) is 7.79. The van der Waals surface area contributed by atoms with Crippen LogP contribution in [0.25, 0.3) is 21.9 Å². The molecule has 22 heteroatoms. The van der Waals surface area contributed by atoms with Crippen molar-refractivity contribution in [1.82, 2.24) is 0 Å². The van der Waals surface area contributed by atoms with Crippen LogP contribution >= 0.6 is 0 Å². The van der Waals surface area contributed by atoms with Crippen molar-refractivity contribution in [1.29, 1.82) is 0 Å². The SMILES string of the molecule is CC(Cc1cc(=O)c2c(C)cc(O)c(C3OC(CO)C(O)C(C)C3O)c2o1)=NCC(=O)O.CC(Cc1cc(=O)c2c(C)cc(O)c(C3OC(CO)C(O)C(O)C3O)c2o1)=NCC(=O)O.[Zn]. The van der Waals surface area contributed by atoms with E-state index in [1.54, 1.807) is 34.6 Å². The van der Waals surface area contributed by atoms with Crippen LogP contribution in [0.3, 0.4) is 0 Å². The van der Waals surface area contributed by atoms with Crippen molar-refractivity contribution in [3.8, 4) is 11.5 Å². The normalized spacial score (nSPS) is 26.0. The number of phenols is 2. The molecule has 0 saturated carbocycles. The molecular weight excluding hydrogens is 914 g/mol. The summed E-state index contributed by atoms with van der Waals surface area (Å²) in [5.41, 5.74) is 0.660. The summed E-state index contributed by atoms with van der Waals surface area (Å²) in [7, 11) is 0. The number of aliphatic hydroxyl groups is 7. The number of carbonyl (C=O) groups is 2. The van der Waals surface area contributed by atoms with Gasteiger partial charge in [0.1, 0.15) is 90.0 Å².